The molecule has 5 heteroatoms. The molecule has 0 amide bonds. The highest BCUT2D eigenvalue weighted by Crippen LogP contribution is 2.27. The molecule has 0 aromatic carbocycles. The van der Waals surface area contributed by atoms with Gasteiger partial charge in [0.15, 0.2) is 0 Å². The van der Waals surface area contributed by atoms with Crippen molar-refractivity contribution in [3.05, 3.63) is 0 Å². The molecule has 3 nitrogen and oxygen atoms in total. The zero-order chi connectivity index (χ0) is 12.3. The average molecular weight is 280 g/mol. The van der Waals surface area contributed by atoms with Crippen molar-refractivity contribution >= 4 is 21.6 Å². The Morgan fingerprint density at radius 2 is 1.76 bits per heavy atom. The van der Waals surface area contributed by atoms with Crippen LogP contribution in [-0.4, -0.2) is 36.9 Å². The number of rotatable bonds is 3. The molecule has 0 aromatic rings. The number of hydrogen-bond donors (Lipinski definition) is 0. The lowest BCUT2D eigenvalue weighted by atomic mass is 9.91. The van der Waals surface area contributed by atoms with E-state index in [1.54, 1.807) is 4.31 Å². The van der Waals surface area contributed by atoms with Crippen molar-refractivity contribution in [1.82, 2.24) is 4.31 Å². The van der Waals surface area contributed by atoms with E-state index in [-0.39, 0.29) is 5.38 Å². The van der Waals surface area contributed by atoms with Crippen LogP contribution in [0.5, 0.6) is 0 Å². The molecule has 100 valence electrons. The molecule has 2 fully saturated rings. The molecule has 0 radical (unpaired) electrons. The summed E-state index contributed by atoms with van der Waals surface area (Å²) in [7, 11) is -3.07. The van der Waals surface area contributed by atoms with Crippen LogP contribution in [0.15, 0.2) is 0 Å². The Morgan fingerprint density at radius 3 is 2.41 bits per heavy atom. The number of piperidine rings is 1. The van der Waals surface area contributed by atoms with E-state index in [0.29, 0.717) is 24.8 Å². The number of hydrogen-bond acceptors (Lipinski definition) is 2. The monoisotopic (exact) mass is 279 g/mol. The van der Waals surface area contributed by atoms with Crippen LogP contribution in [0.2, 0.25) is 0 Å². The summed E-state index contributed by atoms with van der Waals surface area (Å²) >= 11 is 6.05. The Balaban J connectivity index is 1.92. The van der Waals surface area contributed by atoms with Crippen molar-refractivity contribution in [2.45, 2.75) is 50.3 Å². The Bertz CT molecular complexity index is 338. The molecule has 2 rings (SSSR count). The van der Waals surface area contributed by atoms with E-state index in [1.807, 2.05) is 0 Å². The molecule has 1 aliphatic carbocycles. The van der Waals surface area contributed by atoms with Crippen molar-refractivity contribution in [2.75, 3.05) is 18.8 Å². The van der Waals surface area contributed by atoms with Gasteiger partial charge >= 0.3 is 0 Å². The minimum atomic E-state index is -3.07. The summed E-state index contributed by atoms with van der Waals surface area (Å²) in [5, 5.41) is 0.00452. The fraction of sp³-hybridized carbons (Fsp3) is 1.00. The number of nitrogens with zero attached hydrogens (tertiary/aromatic N) is 1. The van der Waals surface area contributed by atoms with Crippen LogP contribution < -0.4 is 0 Å². The van der Waals surface area contributed by atoms with E-state index in [4.69, 9.17) is 11.6 Å². The molecule has 0 aromatic heterocycles. The third-order valence-corrected chi connectivity index (χ3v) is 6.26. The van der Waals surface area contributed by atoms with Crippen molar-refractivity contribution in [3.63, 3.8) is 0 Å². The van der Waals surface area contributed by atoms with Gasteiger partial charge in [0, 0.05) is 18.5 Å². The van der Waals surface area contributed by atoms with E-state index < -0.39 is 10.0 Å². The summed E-state index contributed by atoms with van der Waals surface area (Å²) in [5.74, 6) is 0.723. The van der Waals surface area contributed by atoms with Crippen LogP contribution in [0, 0.1) is 5.92 Å². The first kappa shape index (κ1) is 13.6. The Kier molecular flexibility index (Phi) is 4.72. The number of halogens is 1. The predicted octanol–water partition coefficient (Wildman–Crippen LogP) is 2.60. The van der Waals surface area contributed by atoms with Gasteiger partial charge in [-0.05, 0) is 31.6 Å². The molecule has 17 heavy (non-hydrogen) atoms. The maximum Gasteiger partial charge on any atom is 0.214 e. The van der Waals surface area contributed by atoms with Crippen molar-refractivity contribution < 1.29 is 8.42 Å². The van der Waals surface area contributed by atoms with Crippen LogP contribution in [0.3, 0.4) is 0 Å². The molecule has 1 saturated heterocycles. The fourth-order valence-corrected chi connectivity index (χ4v) is 5.26. The second-order valence-corrected chi connectivity index (χ2v) is 8.01. The van der Waals surface area contributed by atoms with E-state index in [2.05, 4.69) is 0 Å². The molecular weight excluding hydrogens is 258 g/mol. The molecule has 2 aliphatic rings. The molecule has 1 atom stereocenters. The minimum absolute atomic E-state index is 0.00452. The van der Waals surface area contributed by atoms with E-state index in [0.717, 1.165) is 25.7 Å². The first-order valence-electron chi connectivity index (χ1n) is 6.70. The second-order valence-electron chi connectivity index (χ2n) is 5.38. The summed E-state index contributed by atoms with van der Waals surface area (Å²) in [5.41, 5.74) is 0. The molecule has 1 heterocycles. The van der Waals surface area contributed by atoms with Gasteiger partial charge in [0.05, 0.1) is 5.75 Å². The predicted molar refractivity (Wildman–Crippen MR) is 70.8 cm³/mol. The maximum absolute atomic E-state index is 12.3. The van der Waals surface area contributed by atoms with Gasteiger partial charge < -0.3 is 0 Å². The minimum Gasteiger partial charge on any atom is -0.212 e. The molecule has 1 aliphatic heterocycles. The smallest absolute Gasteiger partial charge is 0.212 e. The number of alkyl halides is 1. The molecular formula is C12H22ClNO2S. The third-order valence-electron chi connectivity index (χ3n) is 3.89. The van der Waals surface area contributed by atoms with Gasteiger partial charge in [-0.15, -0.1) is 11.6 Å². The number of sulfonamides is 1. The summed E-state index contributed by atoms with van der Waals surface area (Å²) in [6, 6.07) is 0. The van der Waals surface area contributed by atoms with E-state index >= 15 is 0 Å². The lowest BCUT2D eigenvalue weighted by Crippen LogP contribution is -2.42. The van der Waals surface area contributed by atoms with Crippen LogP contribution in [0.4, 0.5) is 0 Å². The van der Waals surface area contributed by atoms with Gasteiger partial charge in [-0.25, -0.2) is 12.7 Å². The summed E-state index contributed by atoms with van der Waals surface area (Å²) < 4.78 is 26.1. The molecule has 0 N–H and O–H groups in total. The second kappa shape index (κ2) is 5.89. The summed E-state index contributed by atoms with van der Waals surface area (Å²) in [4.78, 5) is 0. The quantitative estimate of drug-likeness (QED) is 0.745. The first-order chi connectivity index (χ1) is 8.08. The standard InChI is InChI=1S/C12H22ClNO2S/c13-12-7-4-8-14(9-12)17(15,16)10-11-5-2-1-3-6-11/h11-12H,1-10H2. The third kappa shape index (κ3) is 3.83. The normalized spacial score (nSPS) is 29.4. The maximum atomic E-state index is 12.3. The Hall–Kier alpha value is 0.200. The summed E-state index contributed by atoms with van der Waals surface area (Å²) in [6.45, 7) is 1.18. The molecule has 0 bridgehead atoms. The van der Waals surface area contributed by atoms with Gasteiger partial charge in [0.1, 0.15) is 0 Å². The average Bonchev–Trinajstić information content (AvgIpc) is 2.30. The topological polar surface area (TPSA) is 37.4 Å². The zero-order valence-corrected chi connectivity index (χ0v) is 11.8. The Labute approximate surface area is 110 Å². The Morgan fingerprint density at radius 1 is 1.06 bits per heavy atom. The highest BCUT2D eigenvalue weighted by Gasteiger charge is 2.30. The fourth-order valence-electron chi connectivity index (χ4n) is 2.90. The van der Waals surface area contributed by atoms with Crippen LogP contribution in [-0.2, 0) is 10.0 Å². The van der Waals surface area contributed by atoms with E-state index in [9.17, 15) is 8.42 Å². The van der Waals surface area contributed by atoms with Crippen molar-refractivity contribution in [2.24, 2.45) is 5.92 Å². The van der Waals surface area contributed by atoms with Gasteiger partial charge in [0.25, 0.3) is 0 Å². The van der Waals surface area contributed by atoms with E-state index in [1.165, 1.54) is 19.3 Å². The molecule has 0 spiro atoms. The lowest BCUT2D eigenvalue weighted by molar-refractivity contribution is 0.336. The molecule has 1 unspecified atom stereocenters. The van der Waals surface area contributed by atoms with Gasteiger partial charge in [-0.1, -0.05) is 19.3 Å². The highest BCUT2D eigenvalue weighted by molar-refractivity contribution is 7.89. The SMILES string of the molecule is O=S(=O)(CC1CCCCC1)N1CCCC(Cl)C1. The van der Waals surface area contributed by atoms with Gasteiger partial charge in [-0.2, -0.15) is 0 Å². The summed E-state index contributed by atoms with van der Waals surface area (Å²) in [6.07, 6.45) is 7.66. The lowest BCUT2D eigenvalue weighted by Gasteiger charge is -2.31. The van der Waals surface area contributed by atoms with Gasteiger partial charge in [0.2, 0.25) is 10.0 Å². The van der Waals surface area contributed by atoms with Crippen molar-refractivity contribution in [3.8, 4) is 0 Å². The van der Waals surface area contributed by atoms with Crippen LogP contribution >= 0.6 is 11.6 Å². The molecule has 1 saturated carbocycles. The van der Waals surface area contributed by atoms with Gasteiger partial charge in [-0.3, -0.25) is 0 Å². The highest BCUT2D eigenvalue weighted by atomic mass is 35.5. The first-order valence-corrected chi connectivity index (χ1v) is 8.74. The largest absolute Gasteiger partial charge is 0.214 e. The zero-order valence-electron chi connectivity index (χ0n) is 10.3. The van der Waals surface area contributed by atoms with Crippen LogP contribution in [0.1, 0.15) is 44.9 Å². The van der Waals surface area contributed by atoms with Crippen molar-refractivity contribution in [1.29, 1.82) is 0 Å². The van der Waals surface area contributed by atoms with Crippen LogP contribution in [0.25, 0.3) is 0 Å².